The Morgan fingerprint density at radius 1 is 1.15 bits per heavy atom. The summed E-state index contributed by atoms with van der Waals surface area (Å²) in [5, 5.41) is 31.5. The molecule has 0 aromatic heterocycles. The molecule has 3 aliphatic rings. The highest BCUT2D eigenvalue weighted by Gasteiger charge is 2.58. The van der Waals surface area contributed by atoms with E-state index in [2.05, 4.69) is 20.8 Å². The minimum atomic E-state index is -1.72. The van der Waals surface area contributed by atoms with Gasteiger partial charge in [0.15, 0.2) is 0 Å². The van der Waals surface area contributed by atoms with Crippen LogP contribution in [-0.4, -0.2) is 46.6 Å². The standard InChI is InChI=1S/C26H36O8/c1-13-19(32-6)17(21(27)28)16-18(23(30)34-22(16)29)20(13)33-12-15-25(4)10-7-9-24(2,3)14(25)8-11-26(15,5)31/h14-15,22,29,31H,7-12H2,1-6H3,(H,27,28)/t14-,15+,22?,25-,26+/m0/s1. The second kappa shape index (κ2) is 8.12. The second-order valence-electron chi connectivity index (χ2n) is 11.4. The molecule has 1 aromatic carbocycles. The summed E-state index contributed by atoms with van der Waals surface area (Å²) in [6, 6.07) is 0. The summed E-state index contributed by atoms with van der Waals surface area (Å²) in [6.45, 7) is 10.5. The smallest absolute Gasteiger partial charge is 0.345 e. The first-order valence-electron chi connectivity index (χ1n) is 12.0. The van der Waals surface area contributed by atoms with Gasteiger partial charge in [-0.2, -0.15) is 0 Å². The summed E-state index contributed by atoms with van der Waals surface area (Å²) >= 11 is 0. The quantitative estimate of drug-likeness (QED) is 0.540. The molecule has 34 heavy (non-hydrogen) atoms. The Morgan fingerprint density at radius 2 is 1.82 bits per heavy atom. The summed E-state index contributed by atoms with van der Waals surface area (Å²) in [5.41, 5.74) is -1.19. The van der Waals surface area contributed by atoms with Crippen LogP contribution in [0.4, 0.5) is 0 Å². The molecule has 2 saturated carbocycles. The molecule has 0 spiro atoms. The number of esters is 1. The zero-order valence-corrected chi connectivity index (χ0v) is 20.9. The molecule has 8 heteroatoms. The van der Waals surface area contributed by atoms with E-state index in [-0.39, 0.29) is 51.5 Å². The molecular weight excluding hydrogens is 440 g/mol. The van der Waals surface area contributed by atoms with Crippen LogP contribution in [0.1, 0.15) is 97.9 Å². The predicted molar refractivity (Wildman–Crippen MR) is 123 cm³/mol. The molecule has 0 radical (unpaired) electrons. The first-order valence-corrected chi connectivity index (χ1v) is 12.0. The molecule has 8 nitrogen and oxygen atoms in total. The van der Waals surface area contributed by atoms with Gasteiger partial charge < -0.3 is 29.5 Å². The molecule has 0 bridgehead atoms. The zero-order valence-electron chi connectivity index (χ0n) is 20.9. The molecule has 3 N–H and O–H groups in total. The van der Waals surface area contributed by atoms with Gasteiger partial charge in [0.1, 0.15) is 22.6 Å². The number of carbonyl (C=O) groups is 2. The van der Waals surface area contributed by atoms with Crippen LogP contribution < -0.4 is 9.47 Å². The number of methoxy groups -OCH3 is 1. The summed E-state index contributed by atoms with van der Waals surface area (Å²) in [5.74, 6) is -1.82. The van der Waals surface area contributed by atoms with E-state index in [9.17, 15) is 24.9 Å². The average molecular weight is 477 g/mol. The lowest BCUT2D eigenvalue weighted by Crippen LogP contribution is -2.59. The normalized spacial score (nSPS) is 34.1. The number of cyclic esters (lactones) is 1. The molecule has 4 rings (SSSR count). The Labute approximate surface area is 200 Å². The van der Waals surface area contributed by atoms with E-state index < -0.39 is 23.8 Å². The number of rotatable bonds is 5. The molecule has 1 aromatic rings. The summed E-state index contributed by atoms with van der Waals surface area (Å²) in [7, 11) is 1.33. The van der Waals surface area contributed by atoms with Gasteiger partial charge in [0.2, 0.25) is 6.29 Å². The van der Waals surface area contributed by atoms with E-state index in [4.69, 9.17) is 14.2 Å². The summed E-state index contributed by atoms with van der Waals surface area (Å²) in [4.78, 5) is 24.6. The number of carboxylic acid groups (broad SMARTS) is 1. The monoisotopic (exact) mass is 476 g/mol. The van der Waals surface area contributed by atoms with E-state index in [1.54, 1.807) is 6.92 Å². The van der Waals surface area contributed by atoms with Crippen molar-refractivity contribution in [2.45, 2.75) is 78.6 Å². The van der Waals surface area contributed by atoms with Gasteiger partial charge in [-0.25, -0.2) is 9.59 Å². The molecule has 2 fully saturated rings. The number of hydrogen-bond acceptors (Lipinski definition) is 7. The van der Waals surface area contributed by atoms with Gasteiger partial charge in [-0.1, -0.05) is 27.2 Å². The topological polar surface area (TPSA) is 123 Å². The minimum Gasteiger partial charge on any atom is -0.495 e. The van der Waals surface area contributed by atoms with Crippen molar-refractivity contribution in [3.63, 3.8) is 0 Å². The highest BCUT2D eigenvalue weighted by atomic mass is 16.6. The number of aliphatic hydroxyl groups excluding tert-OH is 1. The molecule has 0 amide bonds. The van der Waals surface area contributed by atoms with Crippen LogP contribution in [0.2, 0.25) is 0 Å². The third-order valence-corrected chi connectivity index (χ3v) is 8.92. The van der Waals surface area contributed by atoms with E-state index >= 15 is 0 Å². The maximum Gasteiger partial charge on any atom is 0.345 e. The first kappa shape index (κ1) is 24.8. The summed E-state index contributed by atoms with van der Waals surface area (Å²) in [6.07, 6.45) is 3.08. The third-order valence-electron chi connectivity index (χ3n) is 8.92. The van der Waals surface area contributed by atoms with Crippen molar-refractivity contribution in [2.24, 2.45) is 22.7 Å². The highest BCUT2D eigenvalue weighted by Crippen LogP contribution is 2.62. The Balaban J connectivity index is 1.78. The number of benzene rings is 1. The number of carbonyl (C=O) groups excluding carboxylic acids is 1. The molecule has 0 saturated heterocycles. The molecular formula is C26H36O8. The summed E-state index contributed by atoms with van der Waals surface area (Å²) < 4.78 is 16.6. The van der Waals surface area contributed by atoms with Crippen LogP contribution in [-0.2, 0) is 4.74 Å². The van der Waals surface area contributed by atoms with Crippen LogP contribution in [0.25, 0.3) is 0 Å². The molecule has 1 heterocycles. The fourth-order valence-corrected chi connectivity index (χ4v) is 7.33. The highest BCUT2D eigenvalue weighted by molar-refractivity contribution is 6.04. The number of aliphatic hydroxyl groups is 2. The lowest BCUT2D eigenvalue weighted by molar-refractivity contribution is -0.176. The molecule has 5 atom stereocenters. The van der Waals surface area contributed by atoms with E-state index in [1.165, 1.54) is 7.11 Å². The zero-order chi connectivity index (χ0) is 25.2. The largest absolute Gasteiger partial charge is 0.495 e. The van der Waals surface area contributed by atoms with Crippen molar-refractivity contribution in [1.29, 1.82) is 0 Å². The second-order valence-corrected chi connectivity index (χ2v) is 11.4. The van der Waals surface area contributed by atoms with E-state index in [0.29, 0.717) is 17.9 Å². The number of ether oxygens (including phenoxy) is 3. The molecule has 188 valence electrons. The van der Waals surface area contributed by atoms with Crippen molar-refractivity contribution in [3.05, 3.63) is 22.3 Å². The third kappa shape index (κ3) is 3.57. The minimum absolute atomic E-state index is 0.0110. The number of fused-ring (bicyclic) bond motifs is 2. The van der Waals surface area contributed by atoms with Crippen molar-refractivity contribution in [2.75, 3.05) is 13.7 Å². The molecule has 1 unspecified atom stereocenters. The number of carboxylic acids is 1. The Bertz CT molecular complexity index is 1030. The fraction of sp³-hybridized carbons (Fsp3) is 0.692. The van der Waals surface area contributed by atoms with Gasteiger partial charge in [-0.05, 0) is 56.3 Å². The van der Waals surface area contributed by atoms with Crippen molar-refractivity contribution >= 4 is 11.9 Å². The van der Waals surface area contributed by atoms with Gasteiger partial charge in [-0.3, -0.25) is 0 Å². The maximum absolute atomic E-state index is 12.6. The molecule has 1 aliphatic heterocycles. The van der Waals surface area contributed by atoms with Gasteiger partial charge in [0, 0.05) is 11.5 Å². The van der Waals surface area contributed by atoms with Crippen LogP contribution in [0.5, 0.6) is 11.5 Å². The van der Waals surface area contributed by atoms with E-state index in [1.807, 2.05) is 6.92 Å². The van der Waals surface area contributed by atoms with Gasteiger partial charge in [-0.15, -0.1) is 0 Å². The number of hydrogen-bond donors (Lipinski definition) is 3. The SMILES string of the molecule is COc1c(C)c(OC[C@@H]2[C@@]3(C)CCCC(C)(C)[C@@H]3CC[C@@]2(C)O)c2c(c1C(=O)O)C(O)OC2=O. The Morgan fingerprint density at radius 3 is 2.44 bits per heavy atom. The fourth-order valence-electron chi connectivity index (χ4n) is 7.33. The predicted octanol–water partition coefficient (Wildman–Crippen LogP) is 4.24. The van der Waals surface area contributed by atoms with Crippen LogP contribution in [0.3, 0.4) is 0 Å². The average Bonchev–Trinajstić information content (AvgIpc) is 3.00. The number of aromatic carboxylic acids is 1. The Kier molecular flexibility index (Phi) is 5.92. The van der Waals surface area contributed by atoms with Crippen LogP contribution >= 0.6 is 0 Å². The van der Waals surface area contributed by atoms with Gasteiger partial charge in [0.25, 0.3) is 0 Å². The van der Waals surface area contributed by atoms with Crippen molar-refractivity contribution < 1.29 is 39.1 Å². The lowest BCUT2D eigenvalue weighted by Gasteiger charge is -2.61. The van der Waals surface area contributed by atoms with Gasteiger partial charge >= 0.3 is 11.9 Å². The van der Waals surface area contributed by atoms with Crippen molar-refractivity contribution in [1.82, 2.24) is 0 Å². The lowest BCUT2D eigenvalue weighted by atomic mass is 9.46. The molecule has 2 aliphatic carbocycles. The van der Waals surface area contributed by atoms with Crippen LogP contribution in [0.15, 0.2) is 0 Å². The maximum atomic E-state index is 12.6. The Hall–Kier alpha value is -2.32. The van der Waals surface area contributed by atoms with Crippen LogP contribution in [0, 0.1) is 29.6 Å². The van der Waals surface area contributed by atoms with E-state index in [0.717, 1.165) is 25.7 Å². The van der Waals surface area contributed by atoms with Crippen molar-refractivity contribution in [3.8, 4) is 11.5 Å². The van der Waals surface area contributed by atoms with Gasteiger partial charge in [0.05, 0.1) is 24.9 Å². The first-order chi connectivity index (χ1) is 15.8.